The lowest BCUT2D eigenvalue weighted by atomic mass is 10.1. The molecule has 0 amide bonds. The molecule has 0 unspecified atom stereocenters. The van der Waals surface area contributed by atoms with Gasteiger partial charge in [0, 0.05) is 16.0 Å². The zero-order chi connectivity index (χ0) is 15.1. The Bertz CT molecular complexity index is 560. The minimum Gasteiger partial charge on any atom is -0.459 e. The van der Waals surface area contributed by atoms with Crippen LogP contribution in [-0.2, 0) is 19.0 Å². The topological polar surface area (TPSA) is 93.5 Å². The summed E-state index contributed by atoms with van der Waals surface area (Å²) in [5.74, 6) is 0. The van der Waals surface area contributed by atoms with Crippen molar-refractivity contribution in [3.05, 3.63) is 57.6 Å². The normalized spacial score (nSPS) is 25.8. The van der Waals surface area contributed by atoms with Crippen LogP contribution in [0.3, 0.4) is 0 Å². The molecule has 0 aromatic heterocycles. The second-order valence-electron chi connectivity index (χ2n) is 4.13. The van der Waals surface area contributed by atoms with E-state index >= 15 is 0 Å². The largest absolute Gasteiger partial charge is 0.459 e. The molecule has 0 spiro atoms. The number of hydrogen-bond donors (Lipinski definition) is 0. The molecule has 1 aromatic rings. The van der Waals surface area contributed by atoms with Gasteiger partial charge in [-0.3, -0.25) is 4.79 Å². The first kappa shape index (κ1) is 15.3. The summed E-state index contributed by atoms with van der Waals surface area (Å²) in [5.41, 5.74) is 10.6. The fourth-order valence-electron chi connectivity index (χ4n) is 1.95. The molecule has 8 heteroatoms. The van der Waals surface area contributed by atoms with E-state index in [4.69, 9.17) is 31.3 Å². The molecule has 3 atom stereocenters. The highest BCUT2D eigenvalue weighted by atomic mass is 35.5. The van der Waals surface area contributed by atoms with Crippen LogP contribution in [0.4, 0.5) is 0 Å². The molecule has 1 aromatic carbocycles. The highest BCUT2D eigenvalue weighted by Gasteiger charge is 2.36. The summed E-state index contributed by atoms with van der Waals surface area (Å²) in [6, 6.07) is 9.22. The van der Waals surface area contributed by atoms with Crippen LogP contribution in [0.25, 0.3) is 10.4 Å². The van der Waals surface area contributed by atoms with E-state index in [1.807, 2.05) is 30.3 Å². The van der Waals surface area contributed by atoms with E-state index in [1.54, 1.807) is 0 Å². The molecule has 7 nitrogen and oxygen atoms in total. The van der Waals surface area contributed by atoms with Gasteiger partial charge in [-0.25, -0.2) is 0 Å². The molecule has 1 fully saturated rings. The number of carbonyl (C=O) groups excluding carboxylic acids is 1. The molecule has 0 bridgehead atoms. The molecular weight excluding hydrogens is 298 g/mol. The first-order valence-corrected chi connectivity index (χ1v) is 6.50. The van der Waals surface area contributed by atoms with Crippen LogP contribution in [0.5, 0.6) is 0 Å². The number of azide groups is 1. The van der Waals surface area contributed by atoms with Crippen molar-refractivity contribution in [3.8, 4) is 0 Å². The highest BCUT2D eigenvalue weighted by Crippen LogP contribution is 2.31. The molecule has 0 N–H and O–H groups in total. The van der Waals surface area contributed by atoms with Gasteiger partial charge in [-0.15, -0.1) is 0 Å². The van der Waals surface area contributed by atoms with Crippen LogP contribution in [0.1, 0.15) is 11.9 Å². The van der Waals surface area contributed by atoms with Crippen molar-refractivity contribution < 1.29 is 19.0 Å². The van der Waals surface area contributed by atoms with Crippen molar-refractivity contribution in [1.29, 1.82) is 0 Å². The Hall–Kier alpha value is -2.05. The predicted octanol–water partition coefficient (Wildman–Crippen LogP) is 3.03. The Balaban J connectivity index is 2.23. The van der Waals surface area contributed by atoms with Gasteiger partial charge < -0.3 is 14.2 Å². The molecule has 0 aliphatic carbocycles. The number of rotatable bonds is 5. The Morgan fingerprint density at radius 1 is 1.48 bits per heavy atom. The van der Waals surface area contributed by atoms with Gasteiger partial charge in [0.1, 0.15) is 6.10 Å². The van der Waals surface area contributed by atoms with E-state index in [0.717, 1.165) is 11.1 Å². The van der Waals surface area contributed by atoms with E-state index in [0.29, 0.717) is 0 Å². The minimum absolute atomic E-state index is 0.0954. The van der Waals surface area contributed by atoms with Crippen LogP contribution >= 0.6 is 11.6 Å². The number of carbonyl (C=O) groups is 1. The van der Waals surface area contributed by atoms with E-state index < -0.39 is 18.5 Å². The lowest BCUT2D eigenvalue weighted by molar-refractivity contribution is -0.250. The predicted molar refractivity (Wildman–Crippen MR) is 74.0 cm³/mol. The number of benzene rings is 1. The molecule has 2 rings (SSSR count). The third-order valence-electron chi connectivity index (χ3n) is 2.89. The molecule has 1 aliphatic heterocycles. The zero-order valence-electron chi connectivity index (χ0n) is 10.8. The van der Waals surface area contributed by atoms with Crippen LogP contribution in [0.2, 0.25) is 0 Å². The molecule has 110 valence electrons. The van der Waals surface area contributed by atoms with Crippen molar-refractivity contribution in [1.82, 2.24) is 0 Å². The van der Waals surface area contributed by atoms with Crippen molar-refractivity contribution >= 4 is 18.1 Å². The minimum atomic E-state index is -0.803. The van der Waals surface area contributed by atoms with E-state index in [-0.39, 0.29) is 18.8 Å². The van der Waals surface area contributed by atoms with Gasteiger partial charge in [-0.2, -0.15) is 0 Å². The molecule has 0 radical (unpaired) electrons. The lowest BCUT2D eigenvalue weighted by Gasteiger charge is -2.35. The van der Waals surface area contributed by atoms with Gasteiger partial charge in [0.05, 0.1) is 12.3 Å². The zero-order valence-corrected chi connectivity index (χ0v) is 11.6. The standard InChI is InChI=1S/C13H12ClN3O4/c14-6-10(16-17-15)12-11(20-8-18)7-19-13(21-12)9-4-2-1-3-5-9/h1-6,8,11-13H,7H2/b10-6-/t11-,12+,13-/m1/s1. The van der Waals surface area contributed by atoms with Gasteiger partial charge in [-0.1, -0.05) is 47.0 Å². The van der Waals surface area contributed by atoms with Gasteiger partial charge in [0.2, 0.25) is 0 Å². The second kappa shape index (κ2) is 7.66. The first-order chi connectivity index (χ1) is 10.3. The fourth-order valence-corrected chi connectivity index (χ4v) is 2.12. The van der Waals surface area contributed by atoms with Crippen molar-refractivity contribution in [3.63, 3.8) is 0 Å². The monoisotopic (exact) mass is 309 g/mol. The van der Waals surface area contributed by atoms with Crippen molar-refractivity contribution in [2.24, 2.45) is 5.11 Å². The molecule has 21 heavy (non-hydrogen) atoms. The van der Waals surface area contributed by atoms with Crippen LogP contribution < -0.4 is 0 Å². The maximum absolute atomic E-state index is 10.5. The summed E-state index contributed by atoms with van der Waals surface area (Å²) in [6.07, 6.45) is -2.20. The molecule has 0 saturated carbocycles. The smallest absolute Gasteiger partial charge is 0.293 e. The summed E-state index contributed by atoms with van der Waals surface area (Å²) in [6.45, 7) is 0.382. The van der Waals surface area contributed by atoms with Crippen LogP contribution in [0, 0.1) is 0 Å². The average Bonchev–Trinajstić information content (AvgIpc) is 2.54. The maximum atomic E-state index is 10.5. The third kappa shape index (κ3) is 3.74. The second-order valence-corrected chi connectivity index (χ2v) is 4.35. The SMILES string of the molecule is [N-]=[N+]=N/C(=C\Cl)[C@@H]1O[C@H](c2ccccc2)OC[C@H]1OC=O. The maximum Gasteiger partial charge on any atom is 0.293 e. The summed E-state index contributed by atoms with van der Waals surface area (Å²) in [5, 5.41) is 3.46. The lowest BCUT2D eigenvalue weighted by Crippen LogP contribution is -2.42. The average molecular weight is 310 g/mol. The number of ether oxygens (including phenoxy) is 3. The molecule has 1 heterocycles. The number of nitrogens with zero attached hydrogens (tertiary/aromatic N) is 3. The highest BCUT2D eigenvalue weighted by molar-refractivity contribution is 6.25. The Morgan fingerprint density at radius 2 is 2.24 bits per heavy atom. The summed E-state index contributed by atoms with van der Waals surface area (Å²) < 4.78 is 16.1. The molecular formula is C13H12ClN3O4. The van der Waals surface area contributed by atoms with Crippen molar-refractivity contribution in [2.75, 3.05) is 6.61 Å². The quantitative estimate of drug-likeness (QED) is 0.361. The van der Waals surface area contributed by atoms with Gasteiger partial charge in [0.15, 0.2) is 12.4 Å². The Kier molecular flexibility index (Phi) is 5.59. The van der Waals surface area contributed by atoms with E-state index in [9.17, 15) is 4.79 Å². The van der Waals surface area contributed by atoms with E-state index in [2.05, 4.69) is 10.0 Å². The summed E-state index contributed by atoms with van der Waals surface area (Å²) >= 11 is 5.65. The summed E-state index contributed by atoms with van der Waals surface area (Å²) in [4.78, 5) is 13.2. The Morgan fingerprint density at radius 3 is 2.86 bits per heavy atom. The third-order valence-corrected chi connectivity index (χ3v) is 3.11. The number of halogens is 1. The van der Waals surface area contributed by atoms with Crippen molar-refractivity contribution in [2.45, 2.75) is 18.5 Å². The van der Waals surface area contributed by atoms with Gasteiger partial charge in [0.25, 0.3) is 6.47 Å². The number of hydrogen-bond acceptors (Lipinski definition) is 5. The Labute approximate surface area is 125 Å². The summed E-state index contributed by atoms with van der Waals surface area (Å²) in [7, 11) is 0. The van der Waals surface area contributed by atoms with Gasteiger partial charge >= 0.3 is 0 Å². The van der Waals surface area contributed by atoms with E-state index in [1.165, 1.54) is 0 Å². The molecule has 1 aliphatic rings. The van der Waals surface area contributed by atoms with Crippen LogP contribution in [-0.4, -0.2) is 25.3 Å². The van der Waals surface area contributed by atoms with Crippen LogP contribution in [0.15, 0.2) is 46.7 Å². The molecule has 1 saturated heterocycles. The fraction of sp³-hybridized carbons (Fsp3) is 0.308. The van der Waals surface area contributed by atoms with Gasteiger partial charge in [-0.05, 0) is 5.53 Å². The first-order valence-electron chi connectivity index (χ1n) is 6.06.